The van der Waals surface area contributed by atoms with E-state index in [1.54, 1.807) is 0 Å². The summed E-state index contributed by atoms with van der Waals surface area (Å²) < 4.78 is 0. The first-order valence-corrected chi connectivity index (χ1v) is 8.18. The molecule has 2 nitrogen and oxygen atoms in total. The van der Waals surface area contributed by atoms with Gasteiger partial charge in [0.1, 0.15) is 0 Å². The molecular weight excluding hydrogens is 244 g/mol. The van der Waals surface area contributed by atoms with Crippen molar-refractivity contribution in [2.75, 3.05) is 14.1 Å². The van der Waals surface area contributed by atoms with Crippen molar-refractivity contribution in [3.8, 4) is 0 Å². The number of likely N-dealkylation sites (N-methyl/N-ethyl adjacent to an activating group) is 2. The minimum absolute atomic E-state index is 0.407. The molecule has 1 saturated carbocycles. The summed E-state index contributed by atoms with van der Waals surface area (Å²) in [5.74, 6) is 0. The summed E-state index contributed by atoms with van der Waals surface area (Å²) in [6.07, 6.45) is 8.38. The molecule has 0 spiro atoms. The molecule has 0 aromatic heterocycles. The highest BCUT2D eigenvalue weighted by atomic mass is 15.2. The molecule has 0 radical (unpaired) electrons. The predicted molar refractivity (Wildman–Crippen MR) is 87.0 cm³/mol. The van der Waals surface area contributed by atoms with Gasteiger partial charge in [0.2, 0.25) is 0 Å². The summed E-state index contributed by atoms with van der Waals surface area (Å²) in [6.45, 7) is 2.36. The third-order valence-corrected chi connectivity index (χ3v) is 5.00. The minimum atomic E-state index is 0.407. The Balaban J connectivity index is 2.05. The van der Waals surface area contributed by atoms with Gasteiger partial charge >= 0.3 is 0 Å². The third kappa shape index (κ3) is 3.83. The Morgan fingerprint density at radius 1 is 1.05 bits per heavy atom. The topological polar surface area (TPSA) is 15.3 Å². The lowest BCUT2D eigenvalue weighted by Gasteiger charge is -2.37. The van der Waals surface area contributed by atoms with Gasteiger partial charge in [-0.05, 0) is 39.4 Å². The third-order valence-electron chi connectivity index (χ3n) is 5.00. The SMILES string of the molecule is CNC(c1ccccc1)C(C)N(C)C1CCCCCC1. The Hall–Kier alpha value is -0.860. The number of nitrogens with one attached hydrogen (secondary N) is 1. The van der Waals surface area contributed by atoms with E-state index in [9.17, 15) is 0 Å². The van der Waals surface area contributed by atoms with Crippen molar-refractivity contribution in [3.63, 3.8) is 0 Å². The van der Waals surface area contributed by atoms with Gasteiger partial charge in [0, 0.05) is 18.1 Å². The molecule has 1 aliphatic carbocycles. The molecule has 2 atom stereocenters. The van der Waals surface area contributed by atoms with E-state index in [-0.39, 0.29) is 0 Å². The zero-order valence-electron chi connectivity index (χ0n) is 13.3. The minimum Gasteiger partial charge on any atom is -0.312 e. The molecule has 0 bridgehead atoms. The Bertz CT molecular complexity index is 368. The fourth-order valence-electron chi connectivity index (χ4n) is 3.58. The van der Waals surface area contributed by atoms with Gasteiger partial charge in [-0.2, -0.15) is 0 Å². The molecule has 0 saturated heterocycles. The van der Waals surface area contributed by atoms with Crippen LogP contribution in [0.5, 0.6) is 0 Å². The van der Waals surface area contributed by atoms with Crippen LogP contribution in [0.2, 0.25) is 0 Å². The van der Waals surface area contributed by atoms with Crippen LogP contribution >= 0.6 is 0 Å². The molecule has 1 aromatic carbocycles. The average molecular weight is 274 g/mol. The van der Waals surface area contributed by atoms with Gasteiger partial charge in [-0.3, -0.25) is 4.90 Å². The van der Waals surface area contributed by atoms with E-state index >= 15 is 0 Å². The van der Waals surface area contributed by atoms with Gasteiger partial charge in [0.05, 0.1) is 0 Å². The fraction of sp³-hybridized carbons (Fsp3) is 0.667. The molecule has 20 heavy (non-hydrogen) atoms. The van der Waals surface area contributed by atoms with Crippen molar-refractivity contribution in [2.24, 2.45) is 0 Å². The van der Waals surface area contributed by atoms with E-state index in [2.05, 4.69) is 61.6 Å². The van der Waals surface area contributed by atoms with Crippen molar-refractivity contribution in [2.45, 2.75) is 63.6 Å². The van der Waals surface area contributed by atoms with Crippen LogP contribution in [0, 0.1) is 0 Å². The highest BCUT2D eigenvalue weighted by Gasteiger charge is 2.26. The monoisotopic (exact) mass is 274 g/mol. The molecule has 0 heterocycles. The molecule has 0 amide bonds. The molecule has 1 aliphatic rings. The summed E-state index contributed by atoms with van der Waals surface area (Å²) in [6, 6.07) is 12.5. The highest BCUT2D eigenvalue weighted by Crippen LogP contribution is 2.27. The molecular formula is C18H30N2. The van der Waals surface area contributed by atoms with Crippen LogP contribution in [0.1, 0.15) is 57.1 Å². The first-order valence-electron chi connectivity index (χ1n) is 8.18. The second-order valence-electron chi connectivity index (χ2n) is 6.23. The van der Waals surface area contributed by atoms with Crippen LogP contribution in [-0.4, -0.2) is 31.1 Å². The maximum absolute atomic E-state index is 3.51. The second kappa shape index (κ2) is 7.80. The lowest BCUT2D eigenvalue weighted by molar-refractivity contribution is 0.139. The van der Waals surface area contributed by atoms with Gasteiger partial charge in [-0.15, -0.1) is 0 Å². The number of hydrogen-bond acceptors (Lipinski definition) is 2. The first-order chi connectivity index (χ1) is 9.74. The largest absolute Gasteiger partial charge is 0.312 e. The van der Waals surface area contributed by atoms with Crippen LogP contribution in [0.25, 0.3) is 0 Å². The molecule has 1 fully saturated rings. The van der Waals surface area contributed by atoms with Crippen molar-refractivity contribution in [1.29, 1.82) is 0 Å². The summed E-state index contributed by atoms with van der Waals surface area (Å²) in [7, 11) is 4.39. The quantitative estimate of drug-likeness (QED) is 0.817. The van der Waals surface area contributed by atoms with Crippen LogP contribution in [0.4, 0.5) is 0 Å². The van der Waals surface area contributed by atoms with Gasteiger partial charge in [-0.1, -0.05) is 56.0 Å². The molecule has 1 N–H and O–H groups in total. The smallest absolute Gasteiger partial charge is 0.0472 e. The average Bonchev–Trinajstić information content (AvgIpc) is 2.77. The Morgan fingerprint density at radius 3 is 2.20 bits per heavy atom. The molecule has 112 valence electrons. The summed E-state index contributed by atoms with van der Waals surface area (Å²) >= 11 is 0. The standard InChI is InChI=1S/C18H30N2/c1-15(18(19-2)16-11-7-6-8-12-16)20(3)17-13-9-4-5-10-14-17/h6-8,11-12,15,17-19H,4-5,9-10,13-14H2,1-3H3. The van der Waals surface area contributed by atoms with E-state index in [0.717, 1.165) is 6.04 Å². The van der Waals surface area contributed by atoms with E-state index < -0.39 is 0 Å². The molecule has 2 unspecified atom stereocenters. The summed E-state index contributed by atoms with van der Waals surface area (Å²) in [5, 5.41) is 3.51. The zero-order valence-corrected chi connectivity index (χ0v) is 13.3. The molecule has 1 aromatic rings. The van der Waals surface area contributed by atoms with Gasteiger partial charge < -0.3 is 5.32 Å². The van der Waals surface area contributed by atoms with Gasteiger partial charge in [-0.25, -0.2) is 0 Å². The zero-order chi connectivity index (χ0) is 14.4. The maximum Gasteiger partial charge on any atom is 0.0472 e. The van der Waals surface area contributed by atoms with Crippen molar-refractivity contribution in [3.05, 3.63) is 35.9 Å². The van der Waals surface area contributed by atoms with Crippen molar-refractivity contribution < 1.29 is 0 Å². The first kappa shape index (κ1) is 15.5. The Morgan fingerprint density at radius 2 is 1.65 bits per heavy atom. The Kier molecular flexibility index (Phi) is 6.06. The lowest BCUT2D eigenvalue weighted by Crippen LogP contribution is -2.45. The molecule has 2 rings (SSSR count). The van der Waals surface area contributed by atoms with Gasteiger partial charge in [0.25, 0.3) is 0 Å². The summed E-state index contributed by atoms with van der Waals surface area (Å²) in [4.78, 5) is 2.61. The second-order valence-corrected chi connectivity index (χ2v) is 6.23. The Labute approximate surface area is 124 Å². The van der Waals surface area contributed by atoms with Crippen LogP contribution in [-0.2, 0) is 0 Å². The predicted octanol–water partition coefficient (Wildman–Crippen LogP) is 3.99. The summed E-state index contributed by atoms with van der Waals surface area (Å²) in [5.41, 5.74) is 1.39. The molecule has 0 aliphatic heterocycles. The van der Waals surface area contributed by atoms with Crippen LogP contribution < -0.4 is 5.32 Å². The van der Waals surface area contributed by atoms with Crippen LogP contribution in [0.15, 0.2) is 30.3 Å². The van der Waals surface area contributed by atoms with Crippen LogP contribution in [0.3, 0.4) is 0 Å². The van der Waals surface area contributed by atoms with E-state index in [4.69, 9.17) is 0 Å². The maximum atomic E-state index is 3.51. The molecule has 2 heteroatoms. The lowest BCUT2D eigenvalue weighted by atomic mass is 9.97. The van der Waals surface area contributed by atoms with E-state index in [1.807, 2.05) is 0 Å². The highest BCUT2D eigenvalue weighted by molar-refractivity contribution is 5.20. The van der Waals surface area contributed by atoms with E-state index in [1.165, 1.54) is 44.1 Å². The van der Waals surface area contributed by atoms with E-state index in [0.29, 0.717) is 12.1 Å². The van der Waals surface area contributed by atoms with Crippen molar-refractivity contribution >= 4 is 0 Å². The fourth-order valence-corrected chi connectivity index (χ4v) is 3.58. The normalized spacial score (nSPS) is 20.6. The van der Waals surface area contributed by atoms with Gasteiger partial charge in [0.15, 0.2) is 0 Å². The number of benzene rings is 1. The number of rotatable bonds is 5. The van der Waals surface area contributed by atoms with Crippen molar-refractivity contribution in [1.82, 2.24) is 10.2 Å². The number of hydrogen-bond donors (Lipinski definition) is 1. The number of nitrogens with zero attached hydrogens (tertiary/aromatic N) is 1.